The Bertz CT molecular complexity index is 644. The second-order valence-electron chi connectivity index (χ2n) is 5.52. The third kappa shape index (κ3) is 3.82. The highest BCUT2D eigenvalue weighted by Gasteiger charge is 2.32. The van der Waals surface area contributed by atoms with E-state index in [2.05, 4.69) is 25.4 Å². The smallest absolute Gasteiger partial charge is 0.223 e. The van der Waals surface area contributed by atoms with E-state index < -0.39 is 0 Å². The van der Waals surface area contributed by atoms with Gasteiger partial charge in [0, 0.05) is 38.8 Å². The number of nitrogens with zero attached hydrogens (tertiary/aromatic N) is 5. The summed E-state index contributed by atoms with van der Waals surface area (Å²) in [6.07, 6.45) is 6.43. The molecule has 0 aliphatic carbocycles. The average Bonchev–Trinajstić information content (AvgIpc) is 3.21. The number of carbonyl (C=O) groups excluding carboxylic acids is 1. The highest BCUT2D eigenvalue weighted by Crippen LogP contribution is 2.30. The minimum Gasteiger partial charge on any atom is -0.354 e. The maximum Gasteiger partial charge on any atom is 0.223 e. The number of rotatable bonds is 6. The van der Waals surface area contributed by atoms with Gasteiger partial charge < -0.3 is 14.7 Å². The standard InChI is InChI=1S/C15H20N6O2/c1-11-19-14(20-23-11)12-5-3-10-21(12)13(22)6-2-7-16-15-17-8-4-9-18-15/h4,8-9,12H,2-3,5-7,10H2,1H3,(H,16,17,18). The van der Waals surface area contributed by atoms with Crippen LogP contribution in [0.5, 0.6) is 0 Å². The van der Waals surface area contributed by atoms with E-state index in [1.807, 2.05) is 4.90 Å². The summed E-state index contributed by atoms with van der Waals surface area (Å²) in [5.74, 6) is 1.86. The average molecular weight is 316 g/mol. The summed E-state index contributed by atoms with van der Waals surface area (Å²) in [5, 5.41) is 7.06. The fourth-order valence-electron chi connectivity index (χ4n) is 2.76. The molecule has 2 aromatic rings. The third-order valence-corrected chi connectivity index (χ3v) is 3.83. The summed E-state index contributed by atoms with van der Waals surface area (Å²) in [7, 11) is 0. The number of likely N-dealkylation sites (tertiary alicyclic amines) is 1. The molecule has 1 atom stereocenters. The Morgan fingerprint density at radius 1 is 1.43 bits per heavy atom. The van der Waals surface area contributed by atoms with E-state index in [0.29, 0.717) is 30.6 Å². The van der Waals surface area contributed by atoms with E-state index in [0.717, 1.165) is 25.8 Å². The van der Waals surface area contributed by atoms with Crippen molar-refractivity contribution in [3.8, 4) is 0 Å². The lowest BCUT2D eigenvalue weighted by molar-refractivity contribution is -0.132. The largest absolute Gasteiger partial charge is 0.354 e. The number of carbonyl (C=O) groups is 1. The van der Waals surface area contributed by atoms with Crippen LogP contribution >= 0.6 is 0 Å². The first-order chi connectivity index (χ1) is 11.2. The van der Waals surface area contributed by atoms with Crippen LogP contribution in [0.25, 0.3) is 0 Å². The van der Waals surface area contributed by atoms with Crippen LogP contribution in [0.1, 0.15) is 43.4 Å². The van der Waals surface area contributed by atoms with E-state index in [1.165, 1.54) is 0 Å². The van der Waals surface area contributed by atoms with Crippen molar-refractivity contribution in [2.24, 2.45) is 0 Å². The first-order valence-corrected chi connectivity index (χ1v) is 7.84. The molecular weight excluding hydrogens is 296 g/mol. The van der Waals surface area contributed by atoms with Crippen LogP contribution in [0.15, 0.2) is 23.0 Å². The summed E-state index contributed by atoms with van der Waals surface area (Å²) < 4.78 is 5.03. The van der Waals surface area contributed by atoms with Gasteiger partial charge in [-0.15, -0.1) is 0 Å². The number of aromatic nitrogens is 4. The van der Waals surface area contributed by atoms with Crippen molar-refractivity contribution in [1.29, 1.82) is 0 Å². The minimum atomic E-state index is -0.0506. The van der Waals surface area contributed by atoms with Crippen molar-refractivity contribution in [3.05, 3.63) is 30.2 Å². The molecule has 3 heterocycles. The van der Waals surface area contributed by atoms with Crippen LogP contribution in [0.4, 0.5) is 5.95 Å². The fraction of sp³-hybridized carbons (Fsp3) is 0.533. The maximum atomic E-state index is 12.4. The van der Waals surface area contributed by atoms with E-state index in [-0.39, 0.29) is 11.9 Å². The van der Waals surface area contributed by atoms with Crippen molar-refractivity contribution >= 4 is 11.9 Å². The Balaban J connectivity index is 1.47. The number of hydrogen-bond acceptors (Lipinski definition) is 7. The molecule has 122 valence electrons. The Kier molecular flexibility index (Phi) is 4.80. The van der Waals surface area contributed by atoms with E-state index in [9.17, 15) is 4.79 Å². The highest BCUT2D eigenvalue weighted by molar-refractivity contribution is 5.76. The van der Waals surface area contributed by atoms with E-state index in [4.69, 9.17) is 4.52 Å². The van der Waals surface area contributed by atoms with Crippen molar-refractivity contribution in [1.82, 2.24) is 25.0 Å². The fourth-order valence-corrected chi connectivity index (χ4v) is 2.76. The molecule has 1 aliphatic rings. The molecule has 0 bridgehead atoms. The zero-order valence-electron chi connectivity index (χ0n) is 13.1. The molecule has 1 aliphatic heterocycles. The number of anilines is 1. The van der Waals surface area contributed by atoms with Crippen molar-refractivity contribution in [2.45, 2.75) is 38.6 Å². The molecule has 1 amide bonds. The first kappa shape index (κ1) is 15.4. The molecule has 1 N–H and O–H groups in total. The van der Waals surface area contributed by atoms with E-state index >= 15 is 0 Å². The summed E-state index contributed by atoms with van der Waals surface area (Å²) in [5.41, 5.74) is 0. The zero-order chi connectivity index (χ0) is 16.1. The third-order valence-electron chi connectivity index (χ3n) is 3.83. The second kappa shape index (κ2) is 7.17. The lowest BCUT2D eigenvalue weighted by Crippen LogP contribution is -2.31. The number of nitrogens with one attached hydrogen (secondary N) is 1. The van der Waals surface area contributed by atoms with Crippen LogP contribution in [0.3, 0.4) is 0 Å². The summed E-state index contributed by atoms with van der Waals surface area (Å²) in [4.78, 5) is 26.7. The molecular formula is C15H20N6O2. The number of aryl methyl sites for hydroxylation is 1. The molecule has 8 nitrogen and oxygen atoms in total. The quantitative estimate of drug-likeness (QED) is 0.810. The second-order valence-corrected chi connectivity index (χ2v) is 5.52. The Morgan fingerprint density at radius 3 is 3.00 bits per heavy atom. The van der Waals surface area contributed by atoms with E-state index in [1.54, 1.807) is 25.4 Å². The van der Waals surface area contributed by atoms with Crippen LogP contribution in [0.2, 0.25) is 0 Å². The summed E-state index contributed by atoms with van der Waals surface area (Å²) in [6.45, 7) is 3.18. The van der Waals surface area contributed by atoms with Gasteiger partial charge >= 0.3 is 0 Å². The Labute approximate surface area is 134 Å². The Hall–Kier alpha value is -2.51. The molecule has 23 heavy (non-hydrogen) atoms. The topological polar surface area (TPSA) is 97.0 Å². The molecule has 1 fully saturated rings. The van der Waals surface area contributed by atoms with Gasteiger partial charge in [-0.05, 0) is 25.3 Å². The number of hydrogen-bond donors (Lipinski definition) is 1. The number of amides is 1. The molecule has 1 saturated heterocycles. The predicted molar refractivity (Wildman–Crippen MR) is 82.5 cm³/mol. The lowest BCUT2D eigenvalue weighted by atomic mass is 10.2. The van der Waals surface area contributed by atoms with Gasteiger partial charge in [0.25, 0.3) is 0 Å². The first-order valence-electron chi connectivity index (χ1n) is 7.84. The van der Waals surface area contributed by atoms with Gasteiger partial charge in [0.1, 0.15) is 0 Å². The molecule has 0 saturated carbocycles. The predicted octanol–water partition coefficient (Wildman–Crippen LogP) is 1.72. The molecule has 2 aromatic heterocycles. The molecule has 0 spiro atoms. The lowest BCUT2D eigenvalue weighted by Gasteiger charge is -2.22. The maximum absolute atomic E-state index is 12.4. The van der Waals surface area contributed by atoms with Gasteiger partial charge in [-0.25, -0.2) is 9.97 Å². The molecule has 0 radical (unpaired) electrons. The normalized spacial score (nSPS) is 17.4. The van der Waals surface area contributed by atoms with Gasteiger partial charge in [0.15, 0.2) is 5.82 Å². The van der Waals surface area contributed by atoms with Gasteiger partial charge in [0.05, 0.1) is 6.04 Å². The Morgan fingerprint density at radius 2 is 2.26 bits per heavy atom. The SMILES string of the molecule is Cc1nc(C2CCCN2C(=O)CCCNc2ncccn2)no1. The van der Waals surface area contributed by atoms with Crippen LogP contribution in [-0.2, 0) is 4.79 Å². The molecule has 8 heteroatoms. The minimum absolute atomic E-state index is 0.0506. The van der Waals surface area contributed by atoms with Crippen molar-refractivity contribution in [2.75, 3.05) is 18.4 Å². The highest BCUT2D eigenvalue weighted by atomic mass is 16.5. The molecule has 0 aromatic carbocycles. The molecule has 3 rings (SSSR count). The molecule has 1 unspecified atom stereocenters. The summed E-state index contributed by atoms with van der Waals surface area (Å²) in [6, 6.07) is 1.72. The van der Waals surface area contributed by atoms with Gasteiger partial charge in [-0.1, -0.05) is 5.16 Å². The van der Waals surface area contributed by atoms with Crippen LogP contribution < -0.4 is 5.32 Å². The summed E-state index contributed by atoms with van der Waals surface area (Å²) >= 11 is 0. The van der Waals surface area contributed by atoms with Crippen LogP contribution in [-0.4, -0.2) is 44.0 Å². The van der Waals surface area contributed by atoms with Crippen molar-refractivity contribution in [3.63, 3.8) is 0 Å². The van der Waals surface area contributed by atoms with Gasteiger partial charge in [-0.3, -0.25) is 4.79 Å². The van der Waals surface area contributed by atoms with Gasteiger partial charge in [-0.2, -0.15) is 4.98 Å². The van der Waals surface area contributed by atoms with Crippen molar-refractivity contribution < 1.29 is 9.32 Å². The van der Waals surface area contributed by atoms with Crippen LogP contribution in [0, 0.1) is 6.92 Å². The van der Waals surface area contributed by atoms with Gasteiger partial charge in [0.2, 0.25) is 17.7 Å². The zero-order valence-corrected chi connectivity index (χ0v) is 13.1. The monoisotopic (exact) mass is 316 g/mol.